The van der Waals surface area contributed by atoms with Gasteiger partial charge in [0.25, 0.3) is 0 Å². The van der Waals surface area contributed by atoms with Crippen molar-refractivity contribution in [3.63, 3.8) is 0 Å². The smallest absolute Gasteiger partial charge is 0.219 e. The summed E-state index contributed by atoms with van der Waals surface area (Å²) in [6.07, 6.45) is 3.61. The number of carbonyl (C=O) groups is 1. The number of hydrogen-bond acceptors (Lipinski definition) is 1. The second-order valence-corrected chi connectivity index (χ2v) is 3.46. The minimum Gasteiger partial charge on any atom is -0.346 e. The molecule has 0 aliphatic carbocycles. The van der Waals surface area contributed by atoms with E-state index in [1.54, 1.807) is 6.92 Å². The Kier molecular flexibility index (Phi) is 12.0. The largest absolute Gasteiger partial charge is 0.346 e. The third kappa shape index (κ3) is 8.09. The Labute approximate surface area is 89.7 Å². The molecule has 0 aliphatic heterocycles. The van der Waals surface area contributed by atoms with Crippen LogP contribution in [0.1, 0.15) is 53.9 Å². The number of amides is 1. The Morgan fingerprint density at radius 2 is 1.79 bits per heavy atom. The zero-order chi connectivity index (χ0) is 11.6. The van der Waals surface area contributed by atoms with Crippen LogP contribution >= 0.6 is 0 Å². The highest BCUT2D eigenvalue weighted by Gasteiger charge is 2.09. The Morgan fingerprint density at radius 3 is 2.07 bits per heavy atom. The van der Waals surface area contributed by atoms with Gasteiger partial charge in [-0.25, -0.2) is 0 Å². The van der Waals surface area contributed by atoms with Crippen LogP contribution in [0.2, 0.25) is 0 Å². The highest BCUT2D eigenvalue weighted by Crippen LogP contribution is 2.11. The van der Waals surface area contributed by atoms with E-state index in [0.717, 1.165) is 6.54 Å². The van der Waals surface area contributed by atoms with Crippen LogP contribution in [-0.4, -0.2) is 24.4 Å². The van der Waals surface area contributed by atoms with Gasteiger partial charge in [-0.2, -0.15) is 0 Å². The van der Waals surface area contributed by atoms with Crippen molar-refractivity contribution in [1.29, 1.82) is 0 Å². The third-order valence-electron chi connectivity index (χ3n) is 2.34. The highest BCUT2D eigenvalue weighted by atomic mass is 16.2. The van der Waals surface area contributed by atoms with Crippen LogP contribution < -0.4 is 0 Å². The molecule has 1 atom stereocenters. The van der Waals surface area contributed by atoms with E-state index in [2.05, 4.69) is 13.8 Å². The topological polar surface area (TPSA) is 20.3 Å². The van der Waals surface area contributed by atoms with Crippen LogP contribution in [0.5, 0.6) is 0 Å². The number of rotatable bonds is 5. The molecule has 0 rings (SSSR count). The lowest BCUT2D eigenvalue weighted by molar-refractivity contribution is -0.128. The fourth-order valence-electron chi connectivity index (χ4n) is 1.35. The lowest BCUT2D eigenvalue weighted by atomic mass is 10.0. The van der Waals surface area contributed by atoms with E-state index in [0.29, 0.717) is 5.92 Å². The Morgan fingerprint density at radius 1 is 1.29 bits per heavy atom. The van der Waals surface area contributed by atoms with Crippen molar-refractivity contribution < 1.29 is 4.79 Å². The Hall–Kier alpha value is -0.530. The molecule has 0 saturated heterocycles. The Balaban J connectivity index is 0. The van der Waals surface area contributed by atoms with E-state index in [-0.39, 0.29) is 5.91 Å². The fraction of sp³-hybridized carbons (Fsp3) is 0.917. The minimum absolute atomic E-state index is 0.171. The first-order chi connectivity index (χ1) is 6.61. The van der Waals surface area contributed by atoms with Crippen molar-refractivity contribution in [1.82, 2.24) is 4.90 Å². The van der Waals surface area contributed by atoms with Gasteiger partial charge >= 0.3 is 0 Å². The van der Waals surface area contributed by atoms with Gasteiger partial charge in [0.15, 0.2) is 0 Å². The number of hydrogen-bond donors (Lipinski definition) is 0. The van der Waals surface area contributed by atoms with Gasteiger partial charge in [0.2, 0.25) is 5.91 Å². The summed E-state index contributed by atoms with van der Waals surface area (Å²) in [7, 11) is 1.88. The molecule has 0 radical (unpaired) electrons. The highest BCUT2D eigenvalue weighted by molar-refractivity contribution is 5.72. The predicted molar refractivity (Wildman–Crippen MR) is 63.3 cm³/mol. The molecule has 0 aromatic rings. The van der Waals surface area contributed by atoms with E-state index < -0.39 is 0 Å². The summed E-state index contributed by atoms with van der Waals surface area (Å²) in [5.74, 6) is 0.855. The van der Waals surface area contributed by atoms with Gasteiger partial charge in [-0.05, 0) is 12.3 Å². The van der Waals surface area contributed by atoms with Crippen molar-refractivity contribution in [2.45, 2.75) is 53.9 Å². The first kappa shape index (κ1) is 15.9. The monoisotopic (exact) mass is 201 g/mol. The van der Waals surface area contributed by atoms with Gasteiger partial charge in [0.1, 0.15) is 0 Å². The Bertz CT molecular complexity index is 134. The molecule has 0 spiro atoms. The zero-order valence-corrected chi connectivity index (χ0v) is 10.8. The maximum atomic E-state index is 10.9. The van der Waals surface area contributed by atoms with Crippen molar-refractivity contribution >= 4 is 5.91 Å². The van der Waals surface area contributed by atoms with Crippen LogP contribution in [-0.2, 0) is 4.79 Å². The fourth-order valence-corrected chi connectivity index (χ4v) is 1.35. The lowest BCUT2D eigenvalue weighted by Gasteiger charge is -2.21. The maximum absolute atomic E-state index is 10.9. The van der Waals surface area contributed by atoms with Crippen LogP contribution in [0.25, 0.3) is 0 Å². The maximum Gasteiger partial charge on any atom is 0.219 e. The summed E-state index contributed by atoms with van der Waals surface area (Å²) < 4.78 is 0. The second-order valence-electron chi connectivity index (χ2n) is 3.46. The third-order valence-corrected chi connectivity index (χ3v) is 2.34. The summed E-state index contributed by atoms with van der Waals surface area (Å²) in [5, 5.41) is 0. The van der Waals surface area contributed by atoms with Crippen LogP contribution in [0.15, 0.2) is 0 Å². The van der Waals surface area contributed by atoms with E-state index in [9.17, 15) is 4.79 Å². The molecule has 0 N–H and O–H groups in total. The van der Waals surface area contributed by atoms with Crippen LogP contribution in [0.4, 0.5) is 0 Å². The first-order valence-corrected chi connectivity index (χ1v) is 5.83. The average molecular weight is 201 g/mol. The predicted octanol–water partition coefficient (Wildman–Crippen LogP) is 3.32. The molecule has 1 unspecified atom stereocenters. The molecule has 2 nitrogen and oxygen atoms in total. The first-order valence-electron chi connectivity index (χ1n) is 5.83. The average Bonchev–Trinajstić information content (AvgIpc) is 2.19. The normalized spacial score (nSPS) is 11.3. The number of carbonyl (C=O) groups excluding carboxylic acids is 1. The number of nitrogens with zero attached hydrogens (tertiary/aromatic N) is 1. The molecule has 0 saturated carbocycles. The van der Waals surface area contributed by atoms with E-state index in [1.165, 1.54) is 19.3 Å². The molecule has 14 heavy (non-hydrogen) atoms. The van der Waals surface area contributed by atoms with Crippen LogP contribution in [0, 0.1) is 5.92 Å². The molecule has 0 aliphatic rings. The summed E-state index contributed by atoms with van der Waals surface area (Å²) in [6.45, 7) is 10.9. The molecule has 2 heteroatoms. The van der Waals surface area contributed by atoms with E-state index >= 15 is 0 Å². The summed E-state index contributed by atoms with van der Waals surface area (Å²) in [4.78, 5) is 12.7. The lowest BCUT2D eigenvalue weighted by Crippen LogP contribution is -2.29. The molecule has 0 aromatic carbocycles. The molecular formula is C12H27NO. The SMILES string of the molecule is CC.CCCC(CC)CN(C)C(C)=O. The summed E-state index contributed by atoms with van der Waals surface area (Å²) in [6, 6.07) is 0. The minimum atomic E-state index is 0.171. The molecular weight excluding hydrogens is 174 g/mol. The van der Waals surface area contributed by atoms with Gasteiger partial charge in [-0.15, -0.1) is 0 Å². The molecule has 0 heterocycles. The molecule has 86 valence electrons. The summed E-state index contributed by atoms with van der Waals surface area (Å²) >= 11 is 0. The molecule has 0 bridgehead atoms. The van der Waals surface area contributed by atoms with Crippen LogP contribution in [0.3, 0.4) is 0 Å². The van der Waals surface area contributed by atoms with Gasteiger partial charge in [0, 0.05) is 20.5 Å². The van der Waals surface area contributed by atoms with Gasteiger partial charge < -0.3 is 4.90 Å². The standard InChI is InChI=1S/C10H21NO.C2H6/c1-5-7-10(6-2)8-11(4)9(3)12;1-2/h10H,5-8H2,1-4H3;1-2H3. The van der Waals surface area contributed by atoms with Gasteiger partial charge in [-0.1, -0.05) is 40.5 Å². The molecule has 0 fully saturated rings. The van der Waals surface area contributed by atoms with Crippen molar-refractivity contribution in [2.75, 3.05) is 13.6 Å². The quantitative estimate of drug-likeness (QED) is 0.668. The zero-order valence-electron chi connectivity index (χ0n) is 10.8. The van der Waals surface area contributed by atoms with Crippen molar-refractivity contribution in [3.8, 4) is 0 Å². The van der Waals surface area contributed by atoms with E-state index in [4.69, 9.17) is 0 Å². The van der Waals surface area contributed by atoms with Gasteiger partial charge in [0.05, 0.1) is 0 Å². The molecule has 1 amide bonds. The van der Waals surface area contributed by atoms with Gasteiger partial charge in [-0.3, -0.25) is 4.79 Å². The molecule has 0 aromatic heterocycles. The van der Waals surface area contributed by atoms with Crippen molar-refractivity contribution in [2.24, 2.45) is 5.92 Å². The van der Waals surface area contributed by atoms with E-state index in [1.807, 2.05) is 25.8 Å². The second kappa shape index (κ2) is 10.6. The summed E-state index contributed by atoms with van der Waals surface area (Å²) in [5.41, 5.74) is 0. The van der Waals surface area contributed by atoms with Crippen molar-refractivity contribution in [3.05, 3.63) is 0 Å².